The molecule has 2 aromatic rings. The van der Waals surface area contributed by atoms with Gasteiger partial charge in [-0.15, -0.1) is 0 Å². The number of carbonyl (C=O) groups excluding carboxylic acids is 1. The van der Waals surface area contributed by atoms with Crippen LogP contribution in [0.2, 0.25) is 0 Å². The van der Waals surface area contributed by atoms with Gasteiger partial charge in [0.15, 0.2) is 11.9 Å². The first-order valence-electron chi connectivity index (χ1n) is 11.7. The summed E-state index contributed by atoms with van der Waals surface area (Å²) in [6.45, 7) is 3.92. The first-order chi connectivity index (χ1) is 17.5. The number of hydrogen-bond donors (Lipinski definition) is 3. The molecule has 0 saturated carbocycles. The number of alkyl halides is 1. The van der Waals surface area contributed by atoms with Crippen LogP contribution >= 0.6 is 7.75 Å². The molecule has 0 spiro atoms. The summed E-state index contributed by atoms with van der Waals surface area (Å²) in [7, 11) is -4.30. The third kappa shape index (κ3) is 7.14. The summed E-state index contributed by atoms with van der Waals surface area (Å²) < 4.78 is 51.6. The average Bonchev–Trinajstić information content (AvgIpc) is 3.07. The van der Waals surface area contributed by atoms with Gasteiger partial charge in [0.25, 0.3) is 5.56 Å². The number of ether oxygens (including phenoxy) is 2. The number of aliphatic hydroxyl groups is 1. The Hall–Kier alpha value is -2.83. The number of para-hydroxylation sites is 1. The quantitative estimate of drug-likeness (QED) is 0.206. The molecule has 1 aromatic carbocycles. The Morgan fingerprint density at radius 2 is 2.03 bits per heavy atom. The van der Waals surface area contributed by atoms with Crippen molar-refractivity contribution in [2.75, 3.05) is 13.2 Å². The van der Waals surface area contributed by atoms with Crippen LogP contribution in [0.4, 0.5) is 4.39 Å². The molecule has 0 aliphatic carbocycles. The van der Waals surface area contributed by atoms with Crippen LogP contribution in [-0.4, -0.2) is 57.8 Å². The van der Waals surface area contributed by atoms with Gasteiger partial charge in [-0.2, -0.15) is 5.09 Å². The molecule has 37 heavy (non-hydrogen) atoms. The molecule has 0 amide bonds. The van der Waals surface area contributed by atoms with E-state index in [1.807, 2.05) is 11.9 Å². The van der Waals surface area contributed by atoms with Gasteiger partial charge < -0.3 is 19.1 Å². The molecule has 2 heterocycles. The molecule has 1 aliphatic heterocycles. The lowest BCUT2D eigenvalue weighted by molar-refractivity contribution is -0.145. The lowest BCUT2D eigenvalue weighted by Gasteiger charge is -2.25. The normalized spacial score (nSPS) is 25.8. The van der Waals surface area contributed by atoms with E-state index in [9.17, 15) is 24.1 Å². The van der Waals surface area contributed by atoms with Crippen molar-refractivity contribution in [3.05, 3.63) is 63.4 Å². The highest BCUT2D eigenvalue weighted by Crippen LogP contribution is 2.47. The van der Waals surface area contributed by atoms with Crippen LogP contribution in [0.25, 0.3) is 0 Å². The Labute approximate surface area is 212 Å². The molecule has 2 unspecified atom stereocenters. The zero-order chi connectivity index (χ0) is 27.2. The second kappa shape index (κ2) is 12.1. The molecule has 0 radical (unpaired) electrons. The Balaban J connectivity index is 1.77. The number of aliphatic hydroxyl groups excluding tert-OH is 1. The maximum absolute atomic E-state index is 15.5. The van der Waals surface area contributed by atoms with Crippen molar-refractivity contribution in [2.24, 2.45) is 0 Å². The summed E-state index contributed by atoms with van der Waals surface area (Å²) >= 11 is 0. The van der Waals surface area contributed by atoms with E-state index in [-0.39, 0.29) is 12.4 Å². The summed E-state index contributed by atoms with van der Waals surface area (Å²) in [6.07, 6.45) is -2.30. The van der Waals surface area contributed by atoms with Crippen LogP contribution in [0.1, 0.15) is 39.8 Å². The number of nitrogens with one attached hydrogen (secondary N) is 2. The molecule has 14 heteroatoms. The number of esters is 1. The van der Waals surface area contributed by atoms with Gasteiger partial charge in [0.2, 0.25) is 0 Å². The average molecular weight is 543 g/mol. The molecule has 1 saturated heterocycles. The number of H-pyrrole nitrogens is 1. The van der Waals surface area contributed by atoms with Crippen molar-refractivity contribution in [2.45, 2.75) is 63.8 Å². The number of aromatic nitrogens is 2. The fraction of sp³-hybridized carbons (Fsp3) is 0.522. The third-order valence-corrected chi connectivity index (χ3v) is 7.29. The van der Waals surface area contributed by atoms with E-state index in [0.717, 1.165) is 30.2 Å². The predicted molar refractivity (Wildman–Crippen MR) is 130 cm³/mol. The van der Waals surface area contributed by atoms with E-state index in [1.54, 1.807) is 18.2 Å². The number of unbranched alkanes of at least 4 members (excludes halogenated alkanes) is 1. The second-order valence-corrected chi connectivity index (χ2v) is 10.4. The molecule has 0 bridgehead atoms. The minimum Gasteiger partial charge on any atom is -0.465 e. The van der Waals surface area contributed by atoms with E-state index in [2.05, 4.69) is 5.09 Å². The Bertz CT molecular complexity index is 1220. The first kappa shape index (κ1) is 28.7. The minimum atomic E-state index is -4.30. The fourth-order valence-corrected chi connectivity index (χ4v) is 5.08. The van der Waals surface area contributed by atoms with Crippen LogP contribution in [0.3, 0.4) is 0 Å². The van der Waals surface area contributed by atoms with Crippen LogP contribution < -0.4 is 20.9 Å². The van der Waals surface area contributed by atoms with Gasteiger partial charge in [0, 0.05) is 12.3 Å². The lowest BCUT2D eigenvalue weighted by Crippen LogP contribution is -2.43. The van der Waals surface area contributed by atoms with E-state index in [0.29, 0.717) is 6.42 Å². The maximum atomic E-state index is 15.5. The molecule has 12 nitrogen and oxygen atoms in total. The van der Waals surface area contributed by atoms with E-state index in [1.165, 1.54) is 19.1 Å². The highest BCUT2D eigenvalue weighted by atomic mass is 31.2. The standard InChI is InChI=1S/C23H31FN3O9P/c1-4-5-13-33-20(30)15(2)26-37(32,36-16-9-7-6-8-10-16)34-14-17-19(29)23(3,24)21(35-17)27-12-11-18(28)25-22(27)31/h6-12,15,17,19,21,29H,4-5,13-14H2,1-3H3,(H,26,32)(H,25,28,31)/t15-,17+,19+,21?,23+,37?/m0/s1. The minimum absolute atomic E-state index is 0.158. The molecule has 1 fully saturated rings. The number of halogens is 1. The maximum Gasteiger partial charge on any atom is 0.459 e. The highest BCUT2D eigenvalue weighted by Gasteiger charge is 2.55. The van der Waals surface area contributed by atoms with Crippen molar-refractivity contribution < 1.29 is 37.4 Å². The zero-order valence-electron chi connectivity index (χ0n) is 20.7. The van der Waals surface area contributed by atoms with E-state index < -0.39 is 61.7 Å². The van der Waals surface area contributed by atoms with Crippen molar-refractivity contribution in [1.29, 1.82) is 0 Å². The van der Waals surface area contributed by atoms with Gasteiger partial charge >= 0.3 is 19.4 Å². The molecule has 204 valence electrons. The first-order valence-corrected chi connectivity index (χ1v) is 13.3. The summed E-state index contributed by atoms with van der Waals surface area (Å²) in [5.41, 5.74) is -4.11. The van der Waals surface area contributed by atoms with Crippen LogP contribution in [0, 0.1) is 0 Å². The van der Waals surface area contributed by atoms with Crippen LogP contribution in [0.15, 0.2) is 52.2 Å². The molecule has 1 aromatic heterocycles. The van der Waals surface area contributed by atoms with Crippen LogP contribution in [-0.2, 0) is 23.4 Å². The summed E-state index contributed by atoms with van der Waals surface area (Å²) in [4.78, 5) is 37.8. The SMILES string of the molecule is CCCCOC(=O)[C@H](C)NP(=O)(OC[C@H]1OC(n2ccc(=O)[nH]c2=O)[C@](C)(F)[C@@H]1O)Oc1ccccc1. The number of benzene rings is 1. The van der Waals surface area contributed by atoms with Gasteiger partial charge in [0.1, 0.15) is 24.0 Å². The fourth-order valence-electron chi connectivity index (χ4n) is 3.58. The number of rotatable bonds is 12. The Kier molecular flexibility index (Phi) is 9.43. The molecule has 3 rings (SSSR count). The highest BCUT2D eigenvalue weighted by molar-refractivity contribution is 7.52. The molecular formula is C23H31FN3O9P. The summed E-state index contributed by atoms with van der Waals surface area (Å²) in [5.74, 6) is -0.522. The van der Waals surface area contributed by atoms with Crippen molar-refractivity contribution in [3.8, 4) is 5.75 Å². The van der Waals surface area contributed by atoms with Gasteiger partial charge in [-0.3, -0.25) is 23.7 Å². The van der Waals surface area contributed by atoms with Crippen molar-refractivity contribution >= 4 is 13.7 Å². The van der Waals surface area contributed by atoms with Crippen LogP contribution in [0.5, 0.6) is 5.75 Å². The predicted octanol–water partition coefficient (Wildman–Crippen LogP) is 2.05. The van der Waals surface area contributed by atoms with Gasteiger partial charge in [0.05, 0.1) is 13.2 Å². The Morgan fingerprint density at radius 3 is 2.68 bits per heavy atom. The smallest absolute Gasteiger partial charge is 0.459 e. The largest absolute Gasteiger partial charge is 0.465 e. The van der Waals surface area contributed by atoms with Crippen molar-refractivity contribution in [3.63, 3.8) is 0 Å². The topological polar surface area (TPSA) is 158 Å². The number of aromatic amines is 1. The number of carbonyl (C=O) groups is 1. The molecule has 6 atom stereocenters. The molecule has 3 N–H and O–H groups in total. The monoisotopic (exact) mass is 543 g/mol. The summed E-state index contributed by atoms with van der Waals surface area (Å²) in [5, 5.41) is 13.1. The molecule has 1 aliphatic rings. The lowest BCUT2D eigenvalue weighted by atomic mass is 9.98. The third-order valence-electron chi connectivity index (χ3n) is 5.65. The Morgan fingerprint density at radius 1 is 1.32 bits per heavy atom. The van der Waals surface area contributed by atoms with Gasteiger partial charge in [-0.05, 0) is 32.4 Å². The number of nitrogens with zero attached hydrogens (tertiary/aromatic N) is 1. The molecular weight excluding hydrogens is 512 g/mol. The summed E-state index contributed by atoms with van der Waals surface area (Å²) in [6, 6.07) is 7.91. The number of hydrogen-bond acceptors (Lipinski definition) is 9. The zero-order valence-corrected chi connectivity index (χ0v) is 21.6. The van der Waals surface area contributed by atoms with E-state index in [4.69, 9.17) is 18.5 Å². The van der Waals surface area contributed by atoms with Crippen molar-refractivity contribution in [1.82, 2.24) is 14.6 Å². The van der Waals surface area contributed by atoms with Gasteiger partial charge in [-0.25, -0.2) is 13.8 Å². The second-order valence-electron chi connectivity index (χ2n) is 8.71. The van der Waals surface area contributed by atoms with E-state index >= 15 is 4.39 Å². The van der Waals surface area contributed by atoms with Gasteiger partial charge in [-0.1, -0.05) is 31.5 Å².